The minimum atomic E-state index is -0.786. The normalized spacial score (nSPS) is 12.9. The van der Waals surface area contributed by atoms with E-state index < -0.39 is 6.10 Å². The molecule has 0 aliphatic heterocycles. The van der Waals surface area contributed by atoms with Crippen LogP contribution in [0.1, 0.15) is 316 Å². The van der Waals surface area contributed by atoms with Crippen molar-refractivity contribution in [1.82, 2.24) is 0 Å². The van der Waals surface area contributed by atoms with E-state index in [9.17, 15) is 14.4 Å². The van der Waals surface area contributed by atoms with Gasteiger partial charge in [-0.15, -0.1) is 0 Å². The van der Waals surface area contributed by atoms with Crippen molar-refractivity contribution in [3.63, 3.8) is 0 Å². The van der Waals surface area contributed by atoms with Crippen LogP contribution in [0.3, 0.4) is 0 Å². The predicted octanol–water partition coefficient (Wildman–Crippen LogP) is 23.6. The highest BCUT2D eigenvalue weighted by molar-refractivity contribution is 5.71. The first-order valence-corrected chi connectivity index (χ1v) is 34.0. The van der Waals surface area contributed by atoms with Gasteiger partial charge in [-0.1, -0.05) is 309 Å². The number of allylic oxidation sites excluding steroid dienone is 20. The van der Waals surface area contributed by atoms with Crippen LogP contribution in [-0.4, -0.2) is 37.2 Å². The summed E-state index contributed by atoms with van der Waals surface area (Å²) in [6, 6.07) is 0. The molecule has 6 heteroatoms. The largest absolute Gasteiger partial charge is 0.462 e. The number of hydrogen-bond donors (Lipinski definition) is 0. The lowest BCUT2D eigenvalue weighted by molar-refractivity contribution is -0.167. The van der Waals surface area contributed by atoms with Crippen molar-refractivity contribution in [3.8, 4) is 0 Å². The van der Waals surface area contributed by atoms with E-state index in [0.717, 1.165) is 141 Å². The molecular weight excluding hydrogens is 997 g/mol. The van der Waals surface area contributed by atoms with Gasteiger partial charge in [0, 0.05) is 19.3 Å². The maximum absolute atomic E-state index is 12.9. The molecule has 81 heavy (non-hydrogen) atoms. The first-order chi connectivity index (χ1) is 40.0. The standard InChI is InChI=1S/C75H126O6/c1-4-7-10-13-16-19-22-25-27-28-29-30-31-32-33-34-35-36-37-38-39-40-41-42-43-44-45-46-48-50-53-56-59-62-65-68-74(77)80-71-72(70-79-73(76)67-64-61-58-55-52-49-24-21-18-15-12-9-6-3)81-75(78)69-66-63-60-57-54-51-47-26-23-20-17-14-11-8-5-2/h7,10,12,15-16,19,21,24-25,27,29-30,32-33,35-36,38-39,41-42,72H,4-6,8-9,11,13-14,17-18,20,22-23,26,28,31,34,37,40,43-71H2,1-3H3/b10-7-,15-12-,19-16-,24-21-,27-25-,30-29-,33-32-,36-35-,39-38-,42-41-. The molecule has 0 amide bonds. The smallest absolute Gasteiger partial charge is 0.306 e. The minimum Gasteiger partial charge on any atom is -0.462 e. The van der Waals surface area contributed by atoms with E-state index in [-0.39, 0.29) is 31.1 Å². The molecule has 0 heterocycles. The molecule has 0 saturated carbocycles. The van der Waals surface area contributed by atoms with Crippen molar-refractivity contribution in [2.75, 3.05) is 13.2 Å². The molecule has 0 fully saturated rings. The fourth-order valence-electron chi connectivity index (χ4n) is 9.38. The van der Waals surface area contributed by atoms with Crippen LogP contribution in [0.25, 0.3) is 0 Å². The van der Waals surface area contributed by atoms with Gasteiger partial charge in [-0.2, -0.15) is 0 Å². The monoisotopic (exact) mass is 1120 g/mol. The molecule has 0 aromatic heterocycles. The molecule has 1 atom stereocenters. The minimum absolute atomic E-state index is 0.0832. The molecule has 0 rings (SSSR count). The second-order valence-electron chi connectivity index (χ2n) is 22.4. The molecule has 0 radical (unpaired) electrons. The van der Waals surface area contributed by atoms with Crippen LogP contribution < -0.4 is 0 Å². The Kier molecular flexibility index (Phi) is 64.8. The van der Waals surface area contributed by atoms with Crippen molar-refractivity contribution in [2.45, 2.75) is 322 Å². The first kappa shape index (κ1) is 76.8. The molecule has 6 nitrogen and oxygen atoms in total. The van der Waals surface area contributed by atoms with Crippen molar-refractivity contribution in [3.05, 3.63) is 122 Å². The molecule has 0 N–H and O–H groups in total. The zero-order valence-electron chi connectivity index (χ0n) is 53.0. The Morgan fingerprint density at radius 2 is 0.506 bits per heavy atom. The SMILES string of the molecule is CC/C=C\C/C=C\C/C=C\C/C=C\C/C=C\C/C=C\C/C=C\C/C=C\CCCCCCCCCCCCC(=O)OCC(COC(=O)CCCCCCC/C=C\C/C=C\CCC)OC(=O)CCCCCCCCCCCCCCCCC. The highest BCUT2D eigenvalue weighted by Crippen LogP contribution is 2.17. The summed E-state index contributed by atoms with van der Waals surface area (Å²) in [7, 11) is 0. The van der Waals surface area contributed by atoms with Gasteiger partial charge in [0.05, 0.1) is 0 Å². The Balaban J connectivity index is 4.21. The number of ether oxygens (including phenoxy) is 3. The van der Waals surface area contributed by atoms with E-state index in [1.165, 1.54) is 135 Å². The lowest BCUT2D eigenvalue weighted by atomic mass is 10.0. The Morgan fingerprint density at radius 3 is 0.802 bits per heavy atom. The Hall–Kier alpha value is -4.19. The number of carbonyl (C=O) groups excluding carboxylic acids is 3. The summed E-state index contributed by atoms with van der Waals surface area (Å²) in [5.74, 6) is -0.892. The van der Waals surface area contributed by atoms with Crippen molar-refractivity contribution >= 4 is 17.9 Å². The van der Waals surface area contributed by atoms with Crippen LogP contribution in [0.4, 0.5) is 0 Å². The van der Waals surface area contributed by atoms with Gasteiger partial charge in [-0.05, 0) is 109 Å². The molecular formula is C75H126O6. The van der Waals surface area contributed by atoms with E-state index in [0.29, 0.717) is 19.3 Å². The van der Waals surface area contributed by atoms with Crippen molar-refractivity contribution < 1.29 is 28.6 Å². The maximum atomic E-state index is 12.9. The number of esters is 3. The molecule has 0 aliphatic carbocycles. The van der Waals surface area contributed by atoms with E-state index in [1.54, 1.807) is 0 Å². The van der Waals surface area contributed by atoms with Gasteiger partial charge in [-0.25, -0.2) is 0 Å². The van der Waals surface area contributed by atoms with Crippen molar-refractivity contribution in [2.24, 2.45) is 0 Å². The molecule has 0 bridgehead atoms. The summed E-state index contributed by atoms with van der Waals surface area (Å²) in [5, 5.41) is 0. The topological polar surface area (TPSA) is 78.9 Å². The van der Waals surface area contributed by atoms with Crippen LogP contribution >= 0.6 is 0 Å². The molecule has 0 spiro atoms. The predicted molar refractivity (Wildman–Crippen MR) is 353 cm³/mol. The maximum Gasteiger partial charge on any atom is 0.306 e. The van der Waals surface area contributed by atoms with E-state index >= 15 is 0 Å². The summed E-state index contributed by atoms with van der Waals surface area (Å²) in [4.78, 5) is 38.3. The first-order valence-electron chi connectivity index (χ1n) is 34.0. The summed E-state index contributed by atoms with van der Waals surface area (Å²) in [5.41, 5.74) is 0. The zero-order chi connectivity index (χ0) is 58.5. The van der Waals surface area contributed by atoms with Crippen molar-refractivity contribution in [1.29, 1.82) is 0 Å². The highest BCUT2D eigenvalue weighted by Gasteiger charge is 2.19. The molecule has 0 aromatic carbocycles. The van der Waals surface area contributed by atoms with Gasteiger partial charge in [0.25, 0.3) is 0 Å². The van der Waals surface area contributed by atoms with Gasteiger partial charge in [-0.3, -0.25) is 14.4 Å². The number of rotatable bonds is 61. The van der Waals surface area contributed by atoms with E-state index in [1.807, 2.05) is 0 Å². The van der Waals surface area contributed by atoms with Crippen LogP contribution in [0.5, 0.6) is 0 Å². The second kappa shape index (κ2) is 68.3. The van der Waals surface area contributed by atoms with Gasteiger partial charge in [0.2, 0.25) is 0 Å². The molecule has 0 aromatic rings. The molecule has 1 unspecified atom stereocenters. The third kappa shape index (κ3) is 66.5. The third-order valence-corrected chi connectivity index (χ3v) is 14.4. The lowest BCUT2D eigenvalue weighted by Gasteiger charge is -2.18. The summed E-state index contributed by atoms with van der Waals surface area (Å²) < 4.78 is 16.9. The van der Waals surface area contributed by atoms with E-state index in [2.05, 4.69) is 142 Å². The summed E-state index contributed by atoms with van der Waals surface area (Å²) >= 11 is 0. The summed E-state index contributed by atoms with van der Waals surface area (Å²) in [6.45, 7) is 6.47. The fourth-order valence-corrected chi connectivity index (χ4v) is 9.38. The number of carbonyl (C=O) groups is 3. The molecule has 0 aliphatic rings. The third-order valence-electron chi connectivity index (χ3n) is 14.4. The summed E-state index contributed by atoms with van der Waals surface area (Å²) in [6.07, 6.45) is 95.0. The quantitative estimate of drug-likeness (QED) is 0.0261. The molecule has 0 saturated heterocycles. The Bertz CT molecular complexity index is 1670. The van der Waals surface area contributed by atoms with Gasteiger partial charge in [0.15, 0.2) is 6.10 Å². The van der Waals surface area contributed by atoms with Crippen LogP contribution in [0.15, 0.2) is 122 Å². The van der Waals surface area contributed by atoms with Crippen LogP contribution in [0.2, 0.25) is 0 Å². The van der Waals surface area contributed by atoms with Crippen LogP contribution in [0, 0.1) is 0 Å². The zero-order valence-corrected chi connectivity index (χ0v) is 53.0. The Morgan fingerprint density at radius 1 is 0.259 bits per heavy atom. The van der Waals surface area contributed by atoms with Gasteiger partial charge >= 0.3 is 17.9 Å². The van der Waals surface area contributed by atoms with Gasteiger partial charge < -0.3 is 14.2 Å². The number of hydrogen-bond acceptors (Lipinski definition) is 6. The average molecular weight is 1120 g/mol. The fraction of sp³-hybridized carbons (Fsp3) is 0.693. The average Bonchev–Trinajstić information content (AvgIpc) is 3.46. The Labute approximate surface area is 501 Å². The van der Waals surface area contributed by atoms with E-state index in [4.69, 9.17) is 14.2 Å². The number of unbranched alkanes of at least 4 members (excludes halogenated alkanes) is 30. The lowest BCUT2D eigenvalue weighted by Crippen LogP contribution is -2.30. The second-order valence-corrected chi connectivity index (χ2v) is 22.4. The molecule has 462 valence electrons. The van der Waals surface area contributed by atoms with Crippen LogP contribution in [-0.2, 0) is 28.6 Å². The highest BCUT2D eigenvalue weighted by atomic mass is 16.6. The van der Waals surface area contributed by atoms with Gasteiger partial charge in [0.1, 0.15) is 13.2 Å².